The second-order valence-electron chi connectivity index (χ2n) is 3.54. The molecule has 0 saturated heterocycles. The van der Waals surface area contributed by atoms with Crippen LogP contribution in [0.4, 0.5) is 0 Å². The number of ether oxygens (including phenoxy) is 2. The minimum atomic E-state index is -3.53. The molecule has 0 bridgehead atoms. The summed E-state index contributed by atoms with van der Waals surface area (Å²) in [5.74, 6) is 0.440. The van der Waals surface area contributed by atoms with Crippen molar-refractivity contribution in [2.45, 2.75) is 11.3 Å². The molecule has 7 heteroatoms. The lowest BCUT2D eigenvalue weighted by Crippen LogP contribution is -2.25. The van der Waals surface area contributed by atoms with E-state index in [4.69, 9.17) is 21.1 Å². The molecule has 0 aliphatic heterocycles. The second kappa shape index (κ2) is 6.94. The van der Waals surface area contributed by atoms with Crippen LogP contribution in [0.2, 0.25) is 5.02 Å². The zero-order valence-electron chi connectivity index (χ0n) is 10.3. The lowest BCUT2D eigenvalue weighted by molar-refractivity contribution is 0.196. The van der Waals surface area contributed by atoms with Gasteiger partial charge in [-0.3, -0.25) is 0 Å². The number of rotatable bonds is 7. The van der Waals surface area contributed by atoms with Gasteiger partial charge in [0.2, 0.25) is 10.0 Å². The first-order valence-corrected chi connectivity index (χ1v) is 7.19. The number of nitrogens with one attached hydrogen (secondary N) is 1. The second-order valence-corrected chi connectivity index (χ2v) is 5.71. The van der Waals surface area contributed by atoms with Crippen LogP contribution in [0.25, 0.3) is 0 Å². The van der Waals surface area contributed by atoms with Gasteiger partial charge >= 0.3 is 0 Å². The van der Waals surface area contributed by atoms with E-state index in [0.717, 1.165) is 0 Å². The highest BCUT2D eigenvalue weighted by molar-refractivity contribution is 7.89. The molecular weight excluding hydrogens is 278 g/mol. The maximum atomic E-state index is 11.9. The maximum Gasteiger partial charge on any atom is 0.240 e. The van der Waals surface area contributed by atoms with Gasteiger partial charge in [0.15, 0.2) is 0 Å². The normalized spacial score (nSPS) is 11.5. The molecule has 0 spiro atoms. The average Bonchev–Trinajstić information content (AvgIpc) is 2.34. The van der Waals surface area contributed by atoms with E-state index in [9.17, 15) is 8.42 Å². The fraction of sp³-hybridized carbons (Fsp3) is 0.455. The van der Waals surface area contributed by atoms with Gasteiger partial charge in [0.05, 0.1) is 17.0 Å². The van der Waals surface area contributed by atoms with E-state index in [0.29, 0.717) is 25.3 Å². The highest BCUT2D eigenvalue weighted by atomic mass is 35.5. The summed E-state index contributed by atoms with van der Waals surface area (Å²) < 4.78 is 36.1. The molecule has 5 nitrogen and oxygen atoms in total. The van der Waals surface area contributed by atoms with Crippen LogP contribution >= 0.6 is 11.6 Å². The van der Waals surface area contributed by atoms with Gasteiger partial charge in [-0.15, -0.1) is 0 Å². The van der Waals surface area contributed by atoms with Crippen molar-refractivity contribution >= 4 is 21.6 Å². The maximum absolute atomic E-state index is 11.9. The summed E-state index contributed by atoms with van der Waals surface area (Å²) in [6.45, 7) is 0.825. The summed E-state index contributed by atoms with van der Waals surface area (Å²) in [5, 5.41) is 0.261. The molecular formula is C11H16ClNO4S. The van der Waals surface area contributed by atoms with Crippen molar-refractivity contribution in [2.75, 3.05) is 27.4 Å². The van der Waals surface area contributed by atoms with Gasteiger partial charge < -0.3 is 9.47 Å². The minimum absolute atomic E-state index is 0.116. The molecule has 0 aromatic heterocycles. The van der Waals surface area contributed by atoms with E-state index < -0.39 is 10.0 Å². The molecule has 0 amide bonds. The van der Waals surface area contributed by atoms with Gasteiger partial charge in [-0.25, -0.2) is 13.1 Å². The molecule has 0 atom stereocenters. The van der Waals surface area contributed by atoms with Gasteiger partial charge in [-0.05, 0) is 24.6 Å². The van der Waals surface area contributed by atoms with Crippen molar-refractivity contribution in [3.05, 3.63) is 23.2 Å². The Balaban J connectivity index is 2.76. The number of hydrogen-bond donors (Lipinski definition) is 1. The Labute approximate surface area is 112 Å². The van der Waals surface area contributed by atoms with Crippen molar-refractivity contribution in [1.82, 2.24) is 4.72 Å². The molecule has 1 rings (SSSR count). The van der Waals surface area contributed by atoms with Crippen molar-refractivity contribution in [3.8, 4) is 5.75 Å². The fourth-order valence-corrected chi connectivity index (χ4v) is 2.74. The van der Waals surface area contributed by atoms with Gasteiger partial charge in [-0.2, -0.15) is 0 Å². The summed E-state index contributed by atoms with van der Waals surface area (Å²) in [7, 11) is -0.496. The Kier molecular flexibility index (Phi) is 5.87. The highest BCUT2D eigenvalue weighted by Crippen LogP contribution is 2.26. The third-order valence-corrected chi connectivity index (χ3v) is 4.00. The third-order valence-electron chi connectivity index (χ3n) is 2.25. The van der Waals surface area contributed by atoms with Gasteiger partial charge in [0, 0.05) is 20.3 Å². The van der Waals surface area contributed by atoms with Crippen LogP contribution in [-0.2, 0) is 14.8 Å². The number of halogens is 1. The Morgan fingerprint density at radius 1 is 1.33 bits per heavy atom. The van der Waals surface area contributed by atoms with Crippen molar-refractivity contribution in [3.63, 3.8) is 0 Å². The Hall–Kier alpha value is -0.820. The average molecular weight is 294 g/mol. The SMILES string of the molecule is COCCCNS(=O)(=O)c1ccc(OC)c(Cl)c1. The molecule has 0 fully saturated rings. The third kappa shape index (κ3) is 4.13. The van der Waals surface area contributed by atoms with E-state index in [-0.39, 0.29) is 9.92 Å². The summed E-state index contributed by atoms with van der Waals surface area (Å²) in [5.41, 5.74) is 0. The van der Waals surface area contributed by atoms with E-state index in [1.165, 1.54) is 25.3 Å². The summed E-state index contributed by atoms with van der Waals surface area (Å²) in [6.07, 6.45) is 0.611. The van der Waals surface area contributed by atoms with Crippen molar-refractivity contribution in [2.24, 2.45) is 0 Å². The van der Waals surface area contributed by atoms with E-state index in [2.05, 4.69) is 4.72 Å². The van der Waals surface area contributed by atoms with E-state index in [1.807, 2.05) is 0 Å². The molecule has 102 valence electrons. The fourth-order valence-electron chi connectivity index (χ4n) is 1.32. The molecule has 0 aliphatic carbocycles. The smallest absolute Gasteiger partial charge is 0.240 e. The summed E-state index contributed by atoms with van der Waals surface area (Å²) >= 11 is 5.88. The van der Waals surface area contributed by atoms with Crippen LogP contribution < -0.4 is 9.46 Å². The highest BCUT2D eigenvalue weighted by Gasteiger charge is 2.15. The standard InChI is InChI=1S/C11H16ClNO4S/c1-16-7-3-6-13-18(14,15)9-4-5-11(17-2)10(12)8-9/h4-5,8,13H,3,6-7H2,1-2H3. The summed E-state index contributed by atoms with van der Waals surface area (Å²) in [4.78, 5) is 0.116. The molecule has 0 saturated carbocycles. The molecule has 1 aromatic rings. The summed E-state index contributed by atoms with van der Waals surface area (Å²) in [6, 6.07) is 4.33. The number of sulfonamides is 1. The zero-order valence-corrected chi connectivity index (χ0v) is 11.8. The van der Waals surface area contributed by atoms with E-state index >= 15 is 0 Å². The Morgan fingerprint density at radius 3 is 2.61 bits per heavy atom. The lowest BCUT2D eigenvalue weighted by Gasteiger charge is -2.08. The molecule has 1 aromatic carbocycles. The van der Waals surface area contributed by atoms with Crippen LogP contribution in [0, 0.1) is 0 Å². The topological polar surface area (TPSA) is 64.6 Å². The predicted molar refractivity (Wildman–Crippen MR) is 69.7 cm³/mol. The van der Waals surface area contributed by atoms with Crippen molar-refractivity contribution < 1.29 is 17.9 Å². The Bertz CT molecular complexity index is 490. The zero-order chi connectivity index (χ0) is 13.6. The molecule has 0 radical (unpaired) electrons. The largest absolute Gasteiger partial charge is 0.495 e. The minimum Gasteiger partial charge on any atom is -0.495 e. The predicted octanol–water partition coefficient (Wildman–Crippen LogP) is 1.66. The van der Waals surface area contributed by atoms with Crippen molar-refractivity contribution in [1.29, 1.82) is 0 Å². The lowest BCUT2D eigenvalue weighted by atomic mass is 10.3. The first-order chi connectivity index (χ1) is 8.51. The van der Waals surface area contributed by atoms with Crippen LogP contribution in [0.1, 0.15) is 6.42 Å². The molecule has 0 unspecified atom stereocenters. The number of methoxy groups -OCH3 is 2. The van der Waals surface area contributed by atoms with Crippen LogP contribution in [0.15, 0.2) is 23.1 Å². The monoisotopic (exact) mass is 293 g/mol. The van der Waals surface area contributed by atoms with Gasteiger partial charge in [-0.1, -0.05) is 11.6 Å². The van der Waals surface area contributed by atoms with Crippen LogP contribution in [0.3, 0.4) is 0 Å². The van der Waals surface area contributed by atoms with Gasteiger partial charge in [0.1, 0.15) is 5.75 Å². The number of hydrogen-bond acceptors (Lipinski definition) is 4. The van der Waals surface area contributed by atoms with Crippen LogP contribution in [0.5, 0.6) is 5.75 Å². The first kappa shape index (κ1) is 15.2. The first-order valence-electron chi connectivity index (χ1n) is 5.33. The van der Waals surface area contributed by atoms with E-state index in [1.54, 1.807) is 7.11 Å². The Morgan fingerprint density at radius 2 is 2.06 bits per heavy atom. The quantitative estimate of drug-likeness (QED) is 0.777. The number of benzene rings is 1. The molecule has 18 heavy (non-hydrogen) atoms. The molecule has 0 heterocycles. The van der Waals surface area contributed by atoms with Crippen LogP contribution in [-0.4, -0.2) is 35.8 Å². The molecule has 1 N–H and O–H groups in total. The van der Waals surface area contributed by atoms with Gasteiger partial charge in [0.25, 0.3) is 0 Å². The molecule has 0 aliphatic rings.